The summed E-state index contributed by atoms with van der Waals surface area (Å²) in [7, 11) is 0. The molecule has 0 atom stereocenters. The molecule has 0 saturated heterocycles. The predicted octanol–water partition coefficient (Wildman–Crippen LogP) is 3.28. The lowest BCUT2D eigenvalue weighted by molar-refractivity contribution is -0.114. The molecule has 0 radical (unpaired) electrons. The van der Waals surface area contributed by atoms with Crippen molar-refractivity contribution < 1.29 is 4.79 Å². The van der Waals surface area contributed by atoms with Crippen LogP contribution >= 0.6 is 35.3 Å². The highest BCUT2D eigenvalue weighted by Gasteiger charge is 2.36. The molecule has 1 aromatic rings. The quantitative estimate of drug-likeness (QED) is 0.631. The molecule has 0 spiro atoms. The number of rotatable bonds is 1. The Bertz CT molecular complexity index is 724. The number of carbonyl (C=O) groups excluding carboxylic acids is 1. The second-order valence-electron chi connectivity index (χ2n) is 4.16. The van der Waals surface area contributed by atoms with E-state index in [0.29, 0.717) is 15.4 Å². The van der Waals surface area contributed by atoms with Gasteiger partial charge in [0, 0.05) is 5.02 Å². The van der Waals surface area contributed by atoms with E-state index in [0.717, 1.165) is 17.5 Å². The molecule has 0 aromatic heterocycles. The number of carbonyl (C=O) groups is 1. The van der Waals surface area contributed by atoms with E-state index in [1.165, 1.54) is 11.8 Å². The number of fused-ring (bicyclic) bond motifs is 1. The molecule has 1 amide bonds. The van der Waals surface area contributed by atoms with E-state index < -0.39 is 5.91 Å². The Kier molecular flexibility index (Phi) is 3.88. The lowest BCUT2D eigenvalue weighted by Gasteiger charge is -2.23. The van der Waals surface area contributed by atoms with Gasteiger partial charge in [-0.25, -0.2) is 4.90 Å². The number of amides is 1. The topological polar surface area (TPSA) is 68.9 Å². The van der Waals surface area contributed by atoms with Gasteiger partial charge in [-0.3, -0.25) is 10.2 Å². The summed E-state index contributed by atoms with van der Waals surface area (Å²) in [5.74, 6) is -0.329. The lowest BCUT2D eigenvalue weighted by atomic mass is 10.1. The van der Waals surface area contributed by atoms with Gasteiger partial charge in [-0.2, -0.15) is 9.39 Å². The fraction of sp³-hybridized carbons (Fsp3) is 0.0769. The average Bonchev–Trinajstić information content (AvgIpc) is 2.88. The van der Waals surface area contributed by atoms with Crippen LogP contribution in [-0.2, 0) is 4.79 Å². The summed E-state index contributed by atoms with van der Waals surface area (Å²) < 4.78 is 4.19. The first kappa shape index (κ1) is 14.4. The Morgan fingerprint density at radius 3 is 2.76 bits per heavy atom. The van der Waals surface area contributed by atoms with E-state index in [1.54, 1.807) is 35.2 Å². The number of nitrogens with zero attached hydrogens (tertiary/aromatic N) is 3. The fourth-order valence-electron chi connectivity index (χ4n) is 1.86. The number of nitrogens with one attached hydrogen (secondary N) is 1. The van der Waals surface area contributed by atoms with E-state index in [9.17, 15) is 4.79 Å². The molecule has 2 aliphatic heterocycles. The van der Waals surface area contributed by atoms with Gasteiger partial charge in [0.2, 0.25) is 5.17 Å². The monoisotopic (exact) mass is 336 g/mol. The van der Waals surface area contributed by atoms with Crippen LogP contribution in [0.4, 0.5) is 0 Å². The van der Waals surface area contributed by atoms with E-state index in [-0.39, 0.29) is 11.4 Å². The molecule has 1 aromatic carbocycles. The van der Waals surface area contributed by atoms with E-state index in [4.69, 9.17) is 17.0 Å². The van der Waals surface area contributed by atoms with Crippen molar-refractivity contribution in [3.05, 3.63) is 40.4 Å². The predicted molar refractivity (Wildman–Crippen MR) is 90.0 cm³/mol. The van der Waals surface area contributed by atoms with Crippen molar-refractivity contribution in [2.45, 2.75) is 0 Å². The summed E-state index contributed by atoms with van der Waals surface area (Å²) >= 11 is 8.37. The molecular weight excluding hydrogens is 328 g/mol. The van der Waals surface area contributed by atoms with Crippen LogP contribution in [0.5, 0.6) is 0 Å². The van der Waals surface area contributed by atoms with E-state index >= 15 is 0 Å². The highest BCUT2D eigenvalue weighted by Crippen LogP contribution is 2.31. The molecule has 2 heterocycles. The molecule has 3 rings (SSSR count). The number of aliphatic imine (C=N–C) groups is 1. The molecule has 8 heteroatoms. The maximum Gasteiger partial charge on any atom is 0.283 e. The van der Waals surface area contributed by atoms with Gasteiger partial charge in [0.25, 0.3) is 5.91 Å². The minimum atomic E-state index is -0.425. The molecule has 1 N–H and O–H groups in total. The molecule has 0 fully saturated rings. The van der Waals surface area contributed by atoms with Crippen LogP contribution in [0, 0.1) is 5.41 Å². The standard InChI is InChI=1S/C13H9ClN4OS2/c1-20-13-17-21-12-16-11(19)9(10(15)18(12)13)6-7-2-4-8(14)5-3-7/h2-6,15H,1H3/b9-6-,15-10?. The van der Waals surface area contributed by atoms with Crippen molar-refractivity contribution in [3.8, 4) is 0 Å². The van der Waals surface area contributed by atoms with Crippen LogP contribution < -0.4 is 0 Å². The van der Waals surface area contributed by atoms with Crippen molar-refractivity contribution in [2.24, 2.45) is 9.39 Å². The Balaban J connectivity index is 2.00. The second-order valence-corrected chi connectivity index (χ2v) is 6.10. The number of halogens is 1. The van der Waals surface area contributed by atoms with Gasteiger partial charge < -0.3 is 0 Å². The van der Waals surface area contributed by atoms with Crippen LogP contribution in [0.15, 0.2) is 39.2 Å². The number of hydrogen-bond donors (Lipinski definition) is 1. The minimum absolute atomic E-state index is 0.0954. The zero-order valence-electron chi connectivity index (χ0n) is 10.8. The molecule has 5 nitrogen and oxygen atoms in total. The van der Waals surface area contributed by atoms with Crippen molar-refractivity contribution >= 4 is 63.5 Å². The molecule has 0 saturated carbocycles. The minimum Gasteiger partial charge on any atom is -0.283 e. The normalized spacial score (nSPS) is 19.7. The smallest absolute Gasteiger partial charge is 0.283 e. The van der Waals surface area contributed by atoms with Crippen LogP contribution in [-0.4, -0.2) is 33.2 Å². The number of thioether (sulfide) groups is 1. The van der Waals surface area contributed by atoms with Crippen molar-refractivity contribution in [3.63, 3.8) is 0 Å². The number of hydrogen-bond acceptors (Lipinski definition) is 5. The van der Waals surface area contributed by atoms with Gasteiger partial charge in [-0.1, -0.05) is 35.5 Å². The van der Waals surface area contributed by atoms with Gasteiger partial charge in [0.1, 0.15) is 5.84 Å². The summed E-state index contributed by atoms with van der Waals surface area (Å²) in [6, 6.07) is 7.05. The summed E-state index contributed by atoms with van der Waals surface area (Å²) in [4.78, 5) is 17.7. The zero-order chi connectivity index (χ0) is 15.0. The Morgan fingerprint density at radius 2 is 2.10 bits per heavy atom. The first-order valence-corrected chi connectivity index (χ1v) is 8.26. The van der Waals surface area contributed by atoms with Crippen molar-refractivity contribution in [2.75, 3.05) is 6.26 Å². The third kappa shape index (κ3) is 2.64. The van der Waals surface area contributed by atoms with E-state index in [1.807, 2.05) is 6.26 Å². The summed E-state index contributed by atoms with van der Waals surface area (Å²) in [5, 5.41) is 9.96. The molecule has 0 aliphatic carbocycles. The van der Waals surface area contributed by atoms with Crippen LogP contribution in [0.2, 0.25) is 5.02 Å². The largest absolute Gasteiger partial charge is 0.283 e. The third-order valence-corrected chi connectivity index (χ3v) is 4.57. The molecule has 21 heavy (non-hydrogen) atoms. The van der Waals surface area contributed by atoms with Gasteiger partial charge >= 0.3 is 0 Å². The zero-order valence-corrected chi connectivity index (χ0v) is 13.2. The molecule has 0 unspecified atom stereocenters. The molecular formula is C13H9ClN4OS2. The fourth-order valence-corrected chi connectivity index (χ4v) is 3.44. The van der Waals surface area contributed by atoms with Crippen LogP contribution in [0.1, 0.15) is 5.56 Å². The van der Waals surface area contributed by atoms with E-state index in [2.05, 4.69) is 9.39 Å². The highest BCUT2D eigenvalue weighted by molar-refractivity contribution is 8.18. The molecule has 0 bridgehead atoms. The first-order chi connectivity index (χ1) is 10.1. The van der Waals surface area contributed by atoms with Crippen LogP contribution in [0.3, 0.4) is 0 Å². The Hall–Kier alpha value is -1.57. The maximum atomic E-state index is 12.1. The third-order valence-electron chi connectivity index (χ3n) is 2.86. The maximum absolute atomic E-state index is 12.1. The van der Waals surface area contributed by atoms with Crippen LogP contribution in [0.25, 0.3) is 6.08 Å². The Labute approximate surface area is 134 Å². The van der Waals surface area contributed by atoms with Gasteiger partial charge in [-0.15, -0.1) is 0 Å². The molecule has 106 valence electrons. The molecule has 2 aliphatic rings. The van der Waals surface area contributed by atoms with Gasteiger partial charge in [0.15, 0.2) is 5.17 Å². The van der Waals surface area contributed by atoms with Crippen molar-refractivity contribution in [1.82, 2.24) is 4.90 Å². The second kappa shape index (κ2) is 5.67. The van der Waals surface area contributed by atoms with Crippen molar-refractivity contribution in [1.29, 1.82) is 5.41 Å². The number of amidine groups is 3. The van der Waals surface area contributed by atoms with Gasteiger partial charge in [-0.05, 0) is 30.0 Å². The summed E-state index contributed by atoms with van der Waals surface area (Å²) in [6.45, 7) is 0. The SMILES string of the molecule is CSC1=NSC2=NC(=O)/C(=C\c3ccc(Cl)cc3)C(=N)N12. The number of benzene rings is 1. The Morgan fingerprint density at radius 1 is 1.38 bits per heavy atom. The lowest BCUT2D eigenvalue weighted by Crippen LogP contribution is -2.41. The average molecular weight is 337 g/mol. The first-order valence-electron chi connectivity index (χ1n) is 5.88. The summed E-state index contributed by atoms with van der Waals surface area (Å²) in [5.41, 5.74) is 1.03. The highest BCUT2D eigenvalue weighted by atomic mass is 35.5. The van der Waals surface area contributed by atoms with Gasteiger partial charge in [0.05, 0.1) is 17.5 Å². The summed E-state index contributed by atoms with van der Waals surface area (Å²) in [6.07, 6.45) is 3.51.